The summed E-state index contributed by atoms with van der Waals surface area (Å²) in [5, 5.41) is 3.42. The zero-order valence-electron chi connectivity index (χ0n) is 15.8. The molecule has 4 aromatic rings. The molecule has 0 aliphatic heterocycles. The van der Waals surface area contributed by atoms with Crippen molar-refractivity contribution in [3.63, 3.8) is 0 Å². The lowest BCUT2D eigenvalue weighted by molar-refractivity contribution is -0.116. The Hall–Kier alpha value is -2.69. The smallest absolute Gasteiger partial charge is 0.273 e. The Kier molecular flexibility index (Phi) is 5.05. The standard InChI is InChI=1S/C20H17N5O2S3/c26-15(23-19-22-13-8-4-5-9-14(13)29-19)10-24-11-21-17-16(18(24)27)30-20(28)25(17)12-6-2-1-3-7-12/h1-3,6-7,11H,4-5,8-10H2,(H,22,23,26). The summed E-state index contributed by atoms with van der Waals surface area (Å²) in [5.74, 6) is -0.296. The number of rotatable bonds is 4. The molecular formula is C20H17N5O2S3. The van der Waals surface area contributed by atoms with Gasteiger partial charge in [0, 0.05) is 10.6 Å². The molecule has 5 rings (SSSR count). The van der Waals surface area contributed by atoms with E-state index in [1.54, 1.807) is 4.57 Å². The van der Waals surface area contributed by atoms with E-state index in [2.05, 4.69) is 15.3 Å². The minimum Gasteiger partial charge on any atom is -0.300 e. The summed E-state index contributed by atoms with van der Waals surface area (Å²) in [4.78, 5) is 35.7. The Balaban J connectivity index is 1.42. The van der Waals surface area contributed by atoms with Crippen molar-refractivity contribution >= 4 is 56.3 Å². The van der Waals surface area contributed by atoms with E-state index >= 15 is 0 Å². The molecule has 1 aromatic carbocycles. The third kappa shape index (κ3) is 3.51. The predicted molar refractivity (Wildman–Crippen MR) is 121 cm³/mol. The van der Waals surface area contributed by atoms with Crippen LogP contribution in [0.5, 0.6) is 0 Å². The first kappa shape index (κ1) is 19.3. The molecule has 0 unspecified atom stereocenters. The van der Waals surface area contributed by atoms with E-state index in [9.17, 15) is 9.59 Å². The number of anilines is 1. The zero-order valence-corrected chi connectivity index (χ0v) is 18.3. The van der Waals surface area contributed by atoms with Crippen molar-refractivity contribution < 1.29 is 4.79 Å². The number of hydrogen-bond acceptors (Lipinski definition) is 7. The van der Waals surface area contributed by atoms with Gasteiger partial charge in [-0.2, -0.15) is 0 Å². The second kappa shape index (κ2) is 7.86. The van der Waals surface area contributed by atoms with E-state index in [-0.39, 0.29) is 18.0 Å². The number of aryl methyl sites for hydroxylation is 2. The predicted octanol–water partition coefficient (Wildman–Crippen LogP) is 3.95. The van der Waals surface area contributed by atoms with Crippen LogP contribution in [0.1, 0.15) is 23.4 Å². The first-order valence-corrected chi connectivity index (χ1v) is 11.6. The molecule has 30 heavy (non-hydrogen) atoms. The summed E-state index contributed by atoms with van der Waals surface area (Å²) in [7, 11) is 0. The summed E-state index contributed by atoms with van der Waals surface area (Å²) in [6.45, 7) is -0.123. The van der Waals surface area contributed by atoms with E-state index in [0.717, 1.165) is 37.1 Å². The van der Waals surface area contributed by atoms with Crippen molar-refractivity contribution in [3.05, 3.63) is 61.5 Å². The van der Waals surface area contributed by atoms with Crippen LogP contribution in [0, 0.1) is 3.95 Å². The summed E-state index contributed by atoms with van der Waals surface area (Å²) in [5.41, 5.74) is 2.16. The number of carbonyl (C=O) groups excluding carboxylic acids is 1. The molecule has 1 N–H and O–H groups in total. The Bertz CT molecular complexity index is 1340. The van der Waals surface area contributed by atoms with Gasteiger partial charge >= 0.3 is 0 Å². The third-order valence-electron chi connectivity index (χ3n) is 4.98. The molecule has 1 aliphatic rings. The first-order valence-electron chi connectivity index (χ1n) is 9.55. The number of hydrogen-bond donors (Lipinski definition) is 1. The molecule has 0 bridgehead atoms. The molecule has 152 valence electrons. The largest absolute Gasteiger partial charge is 0.300 e. The van der Waals surface area contributed by atoms with Crippen molar-refractivity contribution in [2.24, 2.45) is 0 Å². The Morgan fingerprint density at radius 2 is 1.97 bits per heavy atom. The number of benzene rings is 1. The van der Waals surface area contributed by atoms with Crippen LogP contribution >= 0.6 is 34.9 Å². The summed E-state index contributed by atoms with van der Waals surface area (Å²) in [6.07, 6.45) is 5.69. The van der Waals surface area contributed by atoms with E-state index in [1.165, 1.54) is 38.4 Å². The van der Waals surface area contributed by atoms with Crippen molar-refractivity contribution in [1.29, 1.82) is 0 Å². The third-order valence-corrected chi connectivity index (χ3v) is 7.41. The number of amides is 1. The molecule has 10 heteroatoms. The van der Waals surface area contributed by atoms with Gasteiger partial charge in [-0.1, -0.05) is 29.5 Å². The highest BCUT2D eigenvalue weighted by Crippen LogP contribution is 2.29. The van der Waals surface area contributed by atoms with Crippen LogP contribution in [-0.4, -0.2) is 25.0 Å². The lowest BCUT2D eigenvalue weighted by Crippen LogP contribution is -2.27. The van der Waals surface area contributed by atoms with Gasteiger partial charge in [0.05, 0.1) is 5.69 Å². The number of fused-ring (bicyclic) bond motifs is 2. The number of para-hydroxylation sites is 1. The van der Waals surface area contributed by atoms with Crippen LogP contribution in [0.2, 0.25) is 0 Å². The summed E-state index contributed by atoms with van der Waals surface area (Å²) < 4.78 is 4.06. The highest BCUT2D eigenvalue weighted by atomic mass is 32.1. The Labute approximate surface area is 184 Å². The zero-order chi connectivity index (χ0) is 20.7. The van der Waals surface area contributed by atoms with Crippen LogP contribution in [-0.2, 0) is 24.2 Å². The van der Waals surface area contributed by atoms with Gasteiger partial charge in [-0.25, -0.2) is 9.97 Å². The van der Waals surface area contributed by atoms with Crippen LogP contribution < -0.4 is 10.9 Å². The molecule has 1 aliphatic carbocycles. The number of nitrogens with one attached hydrogen (secondary N) is 1. The molecule has 0 saturated heterocycles. The maximum atomic E-state index is 13.0. The number of nitrogens with zero attached hydrogens (tertiary/aromatic N) is 4. The van der Waals surface area contributed by atoms with E-state index in [0.29, 0.717) is 19.4 Å². The molecular weight excluding hydrogens is 438 g/mol. The quantitative estimate of drug-likeness (QED) is 0.471. The van der Waals surface area contributed by atoms with Gasteiger partial charge < -0.3 is 5.32 Å². The van der Waals surface area contributed by atoms with Gasteiger partial charge in [-0.15, -0.1) is 11.3 Å². The second-order valence-corrected chi connectivity index (χ2v) is 9.74. The minimum atomic E-state index is -0.296. The van der Waals surface area contributed by atoms with Gasteiger partial charge in [0.1, 0.15) is 17.6 Å². The van der Waals surface area contributed by atoms with Crippen molar-refractivity contribution in [2.45, 2.75) is 32.2 Å². The number of aromatic nitrogens is 4. The number of thiazole rings is 2. The fraction of sp³-hybridized carbons (Fsp3) is 0.250. The Morgan fingerprint density at radius 1 is 1.17 bits per heavy atom. The SMILES string of the molecule is O=C(Cn1cnc2c(sc(=S)n2-c2ccccc2)c1=O)Nc1nc2c(s1)CCCC2. The van der Waals surface area contributed by atoms with E-state index < -0.39 is 0 Å². The topological polar surface area (TPSA) is 81.8 Å². The molecule has 0 fully saturated rings. The van der Waals surface area contributed by atoms with Crippen molar-refractivity contribution in [2.75, 3.05) is 5.32 Å². The van der Waals surface area contributed by atoms with Crippen LogP contribution in [0.15, 0.2) is 41.5 Å². The molecule has 0 spiro atoms. The highest BCUT2D eigenvalue weighted by Gasteiger charge is 2.18. The molecule has 0 saturated carbocycles. The average molecular weight is 456 g/mol. The normalized spacial score (nSPS) is 13.3. The average Bonchev–Trinajstić information content (AvgIpc) is 3.30. The first-order chi connectivity index (χ1) is 14.6. The van der Waals surface area contributed by atoms with Crippen molar-refractivity contribution in [1.82, 2.24) is 19.1 Å². The monoisotopic (exact) mass is 455 g/mol. The molecule has 3 heterocycles. The van der Waals surface area contributed by atoms with Gasteiger partial charge in [0.25, 0.3) is 5.56 Å². The van der Waals surface area contributed by atoms with Crippen molar-refractivity contribution in [3.8, 4) is 5.69 Å². The molecule has 3 aromatic heterocycles. The van der Waals surface area contributed by atoms with E-state index in [4.69, 9.17) is 12.2 Å². The fourth-order valence-corrected chi connectivity index (χ4v) is 5.97. The van der Waals surface area contributed by atoms with E-state index in [1.807, 2.05) is 30.3 Å². The van der Waals surface area contributed by atoms with Gasteiger partial charge in [-0.05, 0) is 50.0 Å². The molecule has 7 nitrogen and oxygen atoms in total. The van der Waals surface area contributed by atoms with Crippen LogP contribution in [0.4, 0.5) is 5.13 Å². The lowest BCUT2D eigenvalue weighted by atomic mass is 10.0. The van der Waals surface area contributed by atoms with Gasteiger partial charge in [-0.3, -0.25) is 18.7 Å². The van der Waals surface area contributed by atoms with Crippen LogP contribution in [0.25, 0.3) is 16.0 Å². The van der Waals surface area contributed by atoms with Gasteiger partial charge in [0.2, 0.25) is 5.91 Å². The summed E-state index contributed by atoms with van der Waals surface area (Å²) >= 11 is 8.19. The molecule has 1 amide bonds. The highest BCUT2D eigenvalue weighted by molar-refractivity contribution is 7.73. The second-order valence-electron chi connectivity index (χ2n) is 7.01. The maximum absolute atomic E-state index is 13.0. The number of carbonyl (C=O) groups is 1. The minimum absolute atomic E-state index is 0.123. The fourth-order valence-electron chi connectivity index (χ4n) is 3.57. The van der Waals surface area contributed by atoms with Gasteiger partial charge in [0.15, 0.2) is 14.7 Å². The van der Waals surface area contributed by atoms with Crippen LogP contribution in [0.3, 0.4) is 0 Å². The summed E-state index contributed by atoms with van der Waals surface area (Å²) in [6, 6.07) is 9.55. The molecule has 0 atom stereocenters. The maximum Gasteiger partial charge on any atom is 0.273 e. The molecule has 0 radical (unpaired) electrons. The lowest BCUT2D eigenvalue weighted by Gasteiger charge is -2.06. The Morgan fingerprint density at radius 3 is 2.77 bits per heavy atom.